The van der Waals surface area contributed by atoms with E-state index in [-0.39, 0.29) is 0 Å². The van der Waals surface area contributed by atoms with Gasteiger partial charge in [-0.15, -0.1) is 11.3 Å². The number of pyridine rings is 1. The van der Waals surface area contributed by atoms with Crippen molar-refractivity contribution >= 4 is 34.5 Å². The summed E-state index contributed by atoms with van der Waals surface area (Å²) in [6.07, 6.45) is 1.67. The first-order valence-electron chi connectivity index (χ1n) is 4.82. The van der Waals surface area contributed by atoms with E-state index in [1.807, 2.05) is 6.07 Å². The van der Waals surface area contributed by atoms with Crippen molar-refractivity contribution in [2.75, 3.05) is 7.11 Å². The van der Waals surface area contributed by atoms with E-state index in [1.54, 1.807) is 25.4 Å². The van der Waals surface area contributed by atoms with Crippen LogP contribution in [0.1, 0.15) is 17.3 Å². The number of ether oxygens (including phenoxy) is 1. The molecular formula is C11H10Cl2N2OS. The molecule has 6 heteroatoms. The molecule has 2 rings (SSSR count). The maximum absolute atomic E-state index is 6.13. The first-order chi connectivity index (χ1) is 8.13. The van der Waals surface area contributed by atoms with E-state index in [2.05, 4.69) is 4.98 Å². The Morgan fingerprint density at radius 3 is 2.82 bits per heavy atom. The van der Waals surface area contributed by atoms with Crippen LogP contribution in [0.2, 0.25) is 8.67 Å². The molecule has 3 nitrogen and oxygen atoms in total. The molecule has 0 radical (unpaired) electrons. The van der Waals surface area contributed by atoms with Crippen molar-refractivity contribution in [3.05, 3.63) is 44.3 Å². The highest BCUT2D eigenvalue weighted by Crippen LogP contribution is 2.37. The second-order valence-electron chi connectivity index (χ2n) is 3.35. The number of rotatable bonds is 3. The third kappa shape index (κ3) is 2.55. The molecule has 0 amide bonds. The third-order valence-electron chi connectivity index (χ3n) is 2.33. The Hall–Kier alpha value is -0.810. The minimum absolute atomic E-state index is 0.442. The van der Waals surface area contributed by atoms with Crippen LogP contribution in [0, 0.1) is 0 Å². The van der Waals surface area contributed by atoms with Crippen molar-refractivity contribution in [2.24, 2.45) is 5.73 Å². The first-order valence-corrected chi connectivity index (χ1v) is 6.40. The van der Waals surface area contributed by atoms with E-state index >= 15 is 0 Å². The highest BCUT2D eigenvalue weighted by molar-refractivity contribution is 7.20. The van der Waals surface area contributed by atoms with Gasteiger partial charge >= 0.3 is 0 Å². The molecule has 0 fully saturated rings. The van der Waals surface area contributed by atoms with Crippen LogP contribution in [0.25, 0.3) is 0 Å². The molecule has 0 aliphatic carbocycles. The van der Waals surface area contributed by atoms with Crippen molar-refractivity contribution in [3.8, 4) is 5.75 Å². The van der Waals surface area contributed by atoms with Crippen LogP contribution in [0.4, 0.5) is 0 Å². The zero-order valence-corrected chi connectivity index (χ0v) is 11.3. The van der Waals surface area contributed by atoms with Crippen LogP contribution in [0.5, 0.6) is 5.75 Å². The summed E-state index contributed by atoms with van der Waals surface area (Å²) in [5, 5.41) is 0. The molecule has 0 bridgehead atoms. The molecule has 2 heterocycles. The number of thiophene rings is 1. The Morgan fingerprint density at radius 2 is 2.24 bits per heavy atom. The molecule has 0 aliphatic rings. The lowest BCUT2D eigenvalue weighted by Gasteiger charge is -2.13. The smallest absolute Gasteiger partial charge is 0.142 e. The minimum atomic E-state index is -0.442. The summed E-state index contributed by atoms with van der Waals surface area (Å²) in [6.45, 7) is 0. The predicted molar refractivity (Wildman–Crippen MR) is 71.2 cm³/mol. The number of halogens is 2. The van der Waals surface area contributed by atoms with E-state index < -0.39 is 6.04 Å². The van der Waals surface area contributed by atoms with Crippen LogP contribution in [0.15, 0.2) is 24.4 Å². The zero-order valence-electron chi connectivity index (χ0n) is 8.98. The lowest BCUT2D eigenvalue weighted by molar-refractivity contribution is 0.404. The zero-order chi connectivity index (χ0) is 12.4. The van der Waals surface area contributed by atoms with Gasteiger partial charge in [0.2, 0.25) is 0 Å². The standard InChI is InChI=1S/C11H10Cl2N2OS/c1-16-7-3-2-4-15-10(7)9(14)6-5-8(12)17-11(6)13/h2-5,9H,14H2,1H3. The van der Waals surface area contributed by atoms with Gasteiger partial charge in [0, 0.05) is 11.8 Å². The number of hydrogen-bond acceptors (Lipinski definition) is 4. The molecule has 0 saturated heterocycles. The molecule has 0 aromatic carbocycles. The van der Waals surface area contributed by atoms with Gasteiger partial charge in [-0.2, -0.15) is 0 Å². The number of methoxy groups -OCH3 is 1. The van der Waals surface area contributed by atoms with Gasteiger partial charge in [-0.1, -0.05) is 23.2 Å². The minimum Gasteiger partial charge on any atom is -0.495 e. The van der Waals surface area contributed by atoms with E-state index in [0.717, 1.165) is 5.56 Å². The van der Waals surface area contributed by atoms with Crippen molar-refractivity contribution in [1.82, 2.24) is 4.98 Å². The van der Waals surface area contributed by atoms with Crippen molar-refractivity contribution in [2.45, 2.75) is 6.04 Å². The Bertz CT molecular complexity index is 530. The average Bonchev–Trinajstić information content (AvgIpc) is 2.67. The summed E-state index contributed by atoms with van der Waals surface area (Å²) in [7, 11) is 1.58. The Balaban J connectivity index is 2.43. The van der Waals surface area contributed by atoms with Gasteiger partial charge in [0.15, 0.2) is 0 Å². The second kappa shape index (κ2) is 5.23. The molecule has 1 unspecified atom stereocenters. The van der Waals surface area contributed by atoms with Gasteiger partial charge in [-0.3, -0.25) is 4.98 Å². The maximum atomic E-state index is 6.13. The largest absolute Gasteiger partial charge is 0.495 e. The summed E-state index contributed by atoms with van der Waals surface area (Å²) in [5.41, 5.74) is 7.54. The Labute approximate surface area is 113 Å². The van der Waals surface area contributed by atoms with Crippen LogP contribution >= 0.6 is 34.5 Å². The van der Waals surface area contributed by atoms with Crippen LogP contribution in [-0.4, -0.2) is 12.1 Å². The SMILES string of the molecule is COc1cccnc1C(N)c1cc(Cl)sc1Cl. The van der Waals surface area contributed by atoms with E-state index in [1.165, 1.54) is 11.3 Å². The van der Waals surface area contributed by atoms with Gasteiger partial charge in [0.05, 0.1) is 21.8 Å². The molecule has 2 N–H and O–H groups in total. The highest BCUT2D eigenvalue weighted by Gasteiger charge is 2.19. The maximum Gasteiger partial charge on any atom is 0.142 e. The third-order valence-corrected chi connectivity index (χ3v) is 3.85. The van der Waals surface area contributed by atoms with Crippen molar-refractivity contribution in [3.63, 3.8) is 0 Å². The number of nitrogens with two attached hydrogens (primary N) is 1. The van der Waals surface area contributed by atoms with Gasteiger partial charge in [-0.25, -0.2) is 0 Å². The molecule has 1 atom stereocenters. The summed E-state index contributed by atoms with van der Waals surface area (Å²) in [5.74, 6) is 0.637. The van der Waals surface area contributed by atoms with Crippen molar-refractivity contribution in [1.29, 1.82) is 0 Å². The van der Waals surface area contributed by atoms with Gasteiger partial charge in [0.25, 0.3) is 0 Å². The number of aromatic nitrogens is 1. The van der Waals surface area contributed by atoms with Crippen LogP contribution in [0.3, 0.4) is 0 Å². The summed E-state index contributed by atoms with van der Waals surface area (Å²) < 4.78 is 6.41. The molecule has 2 aromatic heterocycles. The van der Waals surface area contributed by atoms with Crippen LogP contribution in [-0.2, 0) is 0 Å². The highest BCUT2D eigenvalue weighted by atomic mass is 35.5. The molecule has 17 heavy (non-hydrogen) atoms. The average molecular weight is 289 g/mol. The van der Waals surface area contributed by atoms with Gasteiger partial charge in [-0.05, 0) is 18.2 Å². The summed E-state index contributed by atoms with van der Waals surface area (Å²) >= 11 is 13.3. The lowest BCUT2D eigenvalue weighted by Crippen LogP contribution is -2.14. The van der Waals surface area contributed by atoms with E-state index in [9.17, 15) is 0 Å². The van der Waals surface area contributed by atoms with Gasteiger partial charge in [0.1, 0.15) is 11.4 Å². The number of hydrogen-bond donors (Lipinski definition) is 1. The molecule has 0 saturated carbocycles. The van der Waals surface area contributed by atoms with Crippen LogP contribution < -0.4 is 10.5 Å². The normalized spacial score (nSPS) is 12.5. The fraction of sp³-hybridized carbons (Fsp3) is 0.182. The Kier molecular flexibility index (Phi) is 3.89. The molecule has 2 aromatic rings. The Morgan fingerprint density at radius 1 is 1.47 bits per heavy atom. The quantitative estimate of drug-likeness (QED) is 0.940. The monoisotopic (exact) mass is 288 g/mol. The molecular weight excluding hydrogens is 279 g/mol. The lowest BCUT2D eigenvalue weighted by atomic mass is 10.1. The summed E-state index contributed by atoms with van der Waals surface area (Å²) in [4.78, 5) is 4.23. The topological polar surface area (TPSA) is 48.1 Å². The fourth-order valence-corrected chi connectivity index (χ4v) is 3.07. The molecule has 0 aliphatic heterocycles. The van der Waals surface area contributed by atoms with E-state index in [0.29, 0.717) is 20.1 Å². The van der Waals surface area contributed by atoms with Gasteiger partial charge < -0.3 is 10.5 Å². The summed E-state index contributed by atoms with van der Waals surface area (Å²) in [6, 6.07) is 4.91. The first kappa shape index (κ1) is 12.6. The van der Waals surface area contributed by atoms with E-state index in [4.69, 9.17) is 33.7 Å². The fourth-order valence-electron chi connectivity index (χ4n) is 1.52. The predicted octanol–water partition coefficient (Wildman–Crippen LogP) is 3.51. The molecule has 0 spiro atoms. The second-order valence-corrected chi connectivity index (χ2v) is 5.63. The van der Waals surface area contributed by atoms with Crippen molar-refractivity contribution < 1.29 is 4.74 Å². The number of nitrogens with zero attached hydrogens (tertiary/aromatic N) is 1. The molecule has 90 valence electrons.